The first kappa shape index (κ1) is 24.5. The van der Waals surface area contributed by atoms with Crippen molar-refractivity contribution in [3.63, 3.8) is 0 Å². The second kappa shape index (κ2) is 10.2. The van der Waals surface area contributed by atoms with Gasteiger partial charge < -0.3 is 19.7 Å². The van der Waals surface area contributed by atoms with Crippen LogP contribution in [0.15, 0.2) is 29.2 Å². The highest BCUT2D eigenvalue weighted by Crippen LogP contribution is 2.22. The molecule has 32 heavy (non-hydrogen) atoms. The van der Waals surface area contributed by atoms with Crippen molar-refractivity contribution < 1.29 is 27.5 Å². The molecule has 0 atom stereocenters. The number of rotatable bonds is 5. The van der Waals surface area contributed by atoms with Crippen molar-refractivity contribution in [2.24, 2.45) is 5.92 Å². The maximum absolute atomic E-state index is 13.0. The summed E-state index contributed by atoms with van der Waals surface area (Å²) in [5.74, 6) is 0.0854. The molecule has 178 valence electrons. The number of ether oxygens (including phenoxy) is 2. The Kier molecular flexibility index (Phi) is 7.79. The first-order chi connectivity index (χ1) is 15.1. The quantitative estimate of drug-likeness (QED) is 0.711. The van der Waals surface area contributed by atoms with E-state index in [-0.39, 0.29) is 16.7 Å². The zero-order chi connectivity index (χ0) is 23.4. The fourth-order valence-electron chi connectivity index (χ4n) is 3.79. The van der Waals surface area contributed by atoms with Crippen LogP contribution >= 0.6 is 0 Å². The summed E-state index contributed by atoms with van der Waals surface area (Å²) in [6.45, 7) is 8.43. The van der Waals surface area contributed by atoms with Gasteiger partial charge in [0.2, 0.25) is 10.0 Å². The van der Waals surface area contributed by atoms with Gasteiger partial charge in [-0.3, -0.25) is 4.79 Å². The third kappa shape index (κ3) is 6.43. The predicted molar refractivity (Wildman–Crippen MR) is 119 cm³/mol. The van der Waals surface area contributed by atoms with Gasteiger partial charge in [-0.05, 0) is 57.7 Å². The van der Waals surface area contributed by atoms with E-state index in [1.165, 1.54) is 16.4 Å². The third-order valence-electron chi connectivity index (χ3n) is 5.52. The molecule has 10 heteroatoms. The molecule has 2 aliphatic heterocycles. The molecule has 1 aromatic carbocycles. The van der Waals surface area contributed by atoms with Crippen LogP contribution in [0.4, 0.5) is 4.79 Å². The summed E-state index contributed by atoms with van der Waals surface area (Å²) in [6, 6.07) is 6.24. The van der Waals surface area contributed by atoms with Crippen molar-refractivity contribution in [2.45, 2.75) is 44.1 Å². The molecule has 0 aliphatic carbocycles. The maximum Gasteiger partial charge on any atom is 0.407 e. The van der Waals surface area contributed by atoms with Crippen LogP contribution in [0.3, 0.4) is 0 Å². The van der Waals surface area contributed by atoms with E-state index in [1.54, 1.807) is 17.0 Å². The van der Waals surface area contributed by atoms with E-state index in [0.29, 0.717) is 51.5 Å². The predicted octanol–water partition coefficient (Wildman–Crippen LogP) is 2.08. The molecule has 9 nitrogen and oxygen atoms in total. The van der Waals surface area contributed by atoms with E-state index in [1.807, 2.05) is 20.8 Å². The van der Waals surface area contributed by atoms with Crippen molar-refractivity contribution in [1.29, 1.82) is 0 Å². The Morgan fingerprint density at radius 1 is 1.12 bits per heavy atom. The average molecular weight is 468 g/mol. The SMILES string of the molecule is CC(C)(C)OC(=O)NCC1CCN(C(=O)c2cccc(S(=O)(=O)N3CCOCC3)c2)CC1. The van der Waals surface area contributed by atoms with Gasteiger partial charge in [0.05, 0.1) is 18.1 Å². The standard InChI is InChI=1S/C22H33N3O6S/c1-22(2,3)31-21(27)23-16-17-7-9-24(10-8-17)20(26)18-5-4-6-19(15-18)32(28,29)25-11-13-30-14-12-25/h4-6,15,17H,7-14,16H2,1-3H3,(H,23,27). The Bertz CT molecular complexity index is 914. The van der Waals surface area contributed by atoms with Gasteiger partial charge in [-0.25, -0.2) is 13.2 Å². The summed E-state index contributed by atoms with van der Waals surface area (Å²) in [5.41, 5.74) is -0.173. The number of benzene rings is 1. The molecular weight excluding hydrogens is 434 g/mol. The lowest BCUT2D eigenvalue weighted by Crippen LogP contribution is -2.42. The zero-order valence-electron chi connectivity index (χ0n) is 19.0. The lowest BCUT2D eigenvalue weighted by molar-refractivity contribution is 0.0500. The van der Waals surface area contributed by atoms with Crippen LogP contribution in [0, 0.1) is 5.92 Å². The summed E-state index contributed by atoms with van der Waals surface area (Å²) in [4.78, 5) is 26.7. The monoisotopic (exact) mass is 467 g/mol. The molecule has 2 fully saturated rings. The van der Waals surface area contributed by atoms with Crippen LogP contribution in [0.25, 0.3) is 0 Å². The topological polar surface area (TPSA) is 105 Å². The highest BCUT2D eigenvalue weighted by molar-refractivity contribution is 7.89. The summed E-state index contributed by atoms with van der Waals surface area (Å²) >= 11 is 0. The highest BCUT2D eigenvalue weighted by atomic mass is 32.2. The molecule has 0 radical (unpaired) electrons. The Morgan fingerprint density at radius 2 is 1.78 bits per heavy atom. The van der Waals surface area contributed by atoms with Crippen molar-refractivity contribution in [3.05, 3.63) is 29.8 Å². The van der Waals surface area contributed by atoms with Crippen molar-refractivity contribution in [1.82, 2.24) is 14.5 Å². The van der Waals surface area contributed by atoms with Crippen LogP contribution < -0.4 is 5.32 Å². The van der Waals surface area contributed by atoms with Gasteiger partial charge in [0, 0.05) is 38.3 Å². The molecule has 0 saturated carbocycles. The number of amides is 2. The average Bonchev–Trinajstić information content (AvgIpc) is 2.77. The van der Waals surface area contributed by atoms with Crippen molar-refractivity contribution in [2.75, 3.05) is 45.9 Å². The molecular formula is C22H33N3O6S. The number of hydrogen-bond acceptors (Lipinski definition) is 6. The number of likely N-dealkylation sites (tertiary alicyclic amines) is 1. The number of carbonyl (C=O) groups is 2. The molecule has 2 saturated heterocycles. The Hall–Kier alpha value is -2.17. The van der Waals surface area contributed by atoms with Crippen LogP contribution in [0.5, 0.6) is 0 Å². The minimum Gasteiger partial charge on any atom is -0.444 e. The summed E-state index contributed by atoms with van der Waals surface area (Å²) < 4.78 is 37.7. The molecule has 2 heterocycles. The molecule has 0 unspecified atom stereocenters. The molecule has 1 aromatic rings. The second-order valence-corrected chi connectivity index (χ2v) is 11.1. The fraction of sp³-hybridized carbons (Fsp3) is 0.636. The number of morpholine rings is 1. The smallest absolute Gasteiger partial charge is 0.407 e. The largest absolute Gasteiger partial charge is 0.444 e. The van der Waals surface area contributed by atoms with Gasteiger partial charge in [0.15, 0.2) is 0 Å². The van der Waals surface area contributed by atoms with Crippen molar-refractivity contribution >= 4 is 22.0 Å². The van der Waals surface area contributed by atoms with Crippen LogP contribution in [0.2, 0.25) is 0 Å². The van der Waals surface area contributed by atoms with E-state index in [2.05, 4.69) is 5.32 Å². The number of sulfonamides is 1. The van der Waals surface area contributed by atoms with Gasteiger partial charge >= 0.3 is 6.09 Å². The van der Waals surface area contributed by atoms with Gasteiger partial charge in [-0.15, -0.1) is 0 Å². The van der Waals surface area contributed by atoms with Gasteiger partial charge in [-0.2, -0.15) is 4.31 Å². The first-order valence-corrected chi connectivity index (χ1v) is 12.4. The number of piperidine rings is 1. The van der Waals surface area contributed by atoms with Crippen LogP contribution in [-0.2, 0) is 19.5 Å². The lowest BCUT2D eigenvalue weighted by Gasteiger charge is -2.32. The van der Waals surface area contributed by atoms with Crippen LogP contribution in [0.1, 0.15) is 44.0 Å². The molecule has 2 aliphatic rings. The molecule has 3 rings (SSSR count). The lowest BCUT2D eigenvalue weighted by atomic mass is 9.96. The number of nitrogens with zero attached hydrogens (tertiary/aromatic N) is 2. The minimum absolute atomic E-state index is 0.127. The molecule has 0 bridgehead atoms. The van der Waals surface area contributed by atoms with E-state index >= 15 is 0 Å². The van der Waals surface area contributed by atoms with Crippen molar-refractivity contribution in [3.8, 4) is 0 Å². The van der Waals surface area contributed by atoms with Gasteiger partial charge in [0.25, 0.3) is 5.91 Å². The van der Waals surface area contributed by atoms with Gasteiger partial charge in [0.1, 0.15) is 5.60 Å². The molecule has 0 aromatic heterocycles. The highest BCUT2D eigenvalue weighted by Gasteiger charge is 2.29. The summed E-state index contributed by atoms with van der Waals surface area (Å²) in [5, 5.41) is 2.80. The number of nitrogens with one attached hydrogen (secondary N) is 1. The molecule has 2 amide bonds. The Balaban J connectivity index is 1.55. The van der Waals surface area contributed by atoms with E-state index in [9.17, 15) is 18.0 Å². The number of hydrogen-bond donors (Lipinski definition) is 1. The zero-order valence-corrected chi connectivity index (χ0v) is 19.8. The van der Waals surface area contributed by atoms with Gasteiger partial charge in [-0.1, -0.05) is 6.07 Å². The molecule has 0 spiro atoms. The number of carbonyl (C=O) groups excluding carboxylic acids is 2. The minimum atomic E-state index is -3.66. The Morgan fingerprint density at radius 3 is 2.41 bits per heavy atom. The second-order valence-electron chi connectivity index (χ2n) is 9.16. The molecule has 1 N–H and O–H groups in total. The van der Waals surface area contributed by atoms with E-state index in [0.717, 1.165) is 12.8 Å². The Labute approximate surface area is 190 Å². The first-order valence-electron chi connectivity index (χ1n) is 11.0. The third-order valence-corrected chi connectivity index (χ3v) is 7.42. The normalized spacial score (nSPS) is 18.9. The van der Waals surface area contributed by atoms with E-state index in [4.69, 9.17) is 9.47 Å². The fourth-order valence-corrected chi connectivity index (χ4v) is 5.24. The number of alkyl carbamates (subject to hydrolysis) is 1. The maximum atomic E-state index is 13.0. The summed E-state index contributed by atoms with van der Waals surface area (Å²) in [6.07, 6.45) is 1.08. The summed E-state index contributed by atoms with van der Waals surface area (Å²) in [7, 11) is -3.66. The van der Waals surface area contributed by atoms with Crippen LogP contribution in [-0.4, -0.2) is 81.2 Å². The van der Waals surface area contributed by atoms with E-state index < -0.39 is 21.7 Å².